The van der Waals surface area contributed by atoms with Crippen molar-refractivity contribution < 1.29 is 34.8 Å². The van der Waals surface area contributed by atoms with E-state index in [4.69, 9.17) is 0 Å². The highest BCUT2D eigenvalue weighted by molar-refractivity contribution is 7.89. The molecule has 1 atom stereocenters. The van der Waals surface area contributed by atoms with Crippen molar-refractivity contribution in [2.45, 2.75) is 30.2 Å². The highest BCUT2D eigenvalue weighted by atomic mass is 32.2. The largest absolute Gasteiger partial charge is 0.416 e. The number of hydrogen-bond donors (Lipinski definition) is 0. The van der Waals surface area contributed by atoms with Crippen molar-refractivity contribution in [1.29, 1.82) is 0 Å². The fourth-order valence-corrected chi connectivity index (χ4v) is 4.67. The molecule has 3 aromatic rings. The van der Waals surface area contributed by atoms with Crippen molar-refractivity contribution in [3.63, 3.8) is 0 Å². The van der Waals surface area contributed by atoms with Gasteiger partial charge in [0.15, 0.2) is 0 Å². The third kappa shape index (κ3) is 4.15. The number of pyridine rings is 1. The zero-order valence-corrected chi connectivity index (χ0v) is 16.1. The third-order valence-electron chi connectivity index (χ3n) is 4.43. The number of halogens is 6. The first-order chi connectivity index (χ1) is 13.9. The van der Waals surface area contributed by atoms with Crippen molar-refractivity contribution in [1.82, 2.24) is 13.7 Å². The number of hydrogen-bond acceptors (Lipinski definition) is 3. The van der Waals surface area contributed by atoms with Crippen LogP contribution in [-0.4, -0.2) is 34.8 Å². The van der Waals surface area contributed by atoms with Crippen LogP contribution in [0.2, 0.25) is 0 Å². The van der Waals surface area contributed by atoms with E-state index in [1.807, 2.05) is 0 Å². The summed E-state index contributed by atoms with van der Waals surface area (Å²) in [7, 11) is -4.65. The zero-order chi connectivity index (χ0) is 22.3. The van der Waals surface area contributed by atoms with Crippen LogP contribution < -0.4 is 0 Å². The molecule has 1 aromatic carbocycles. The van der Waals surface area contributed by atoms with E-state index in [9.17, 15) is 34.8 Å². The number of sulfonamides is 1. The lowest BCUT2D eigenvalue weighted by molar-refractivity contribution is -0.173. The first-order valence-electron chi connectivity index (χ1n) is 8.54. The van der Waals surface area contributed by atoms with E-state index in [1.165, 1.54) is 29.8 Å². The van der Waals surface area contributed by atoms with Gasteiger partial charge in [-0.15, -0.1) is 0 Å². The third-order valence-corrected chi connectivity index (χ3v) is 6.36. The highest BCUT2D eigenvalue weighted by Crippen LogP contribution is 2.41. The van der Waals surface area contributed by atoms with Crippen LogP contribution in [0.5, 0.6) is 0 Å². The quantitative estimate of drug-likeness (QED) is 0.530. The van der Waals surface area contributed by atoms with Crippen LogP contribution in [0, 0.1) is 0 Å². The molecule has 2 heterocycles. The first kappa shape index (κ1) is 22.1. The first-order valence-corrected chi connectivity index (χ1v) is 9.98. The number of aromatic nitrogens is 2. The van der Waals surface area contributed by atoms with E-state index in [0.29, 0.717) is 29.9 Å². The molecule has 0 bridgehead atoms. The molecule has 0 saturated heterocycles. The van der Waals surface area contributed by atoms with Gasteiger partial charge in [0.1, 0.15) is 11.7 Å². The summed E-state index contributed by atoms with van der Waals surface area (Å²) in [6, 6.07) is 2.06. The molecule has 0 spiro atoms. The van der Waals surface area contributed by atoms with E-state index >= 15 is 0 Å². The number of imidazole rings is 1. The van der Waals surface area contributed by atoms with Gasteiger partial charge in [0.05, 0.1) is 10.5 Å². The molecule has 0 fully saturated rings. The number of nitrogens with zero attached hydrogens (tertiary/aromatic N) is 3. The molecule has 0 aliphatic rings. The van der Waals surface area contributed by atoms with Gasteiger partial charge in [-0.3, -0.25) is 0 Å². The van der Waals surface area contributed by atoms with Gasteiger partial charge >= 0.3 is 12.4 Å². The standard InChI is InChI=1S/C18H15F6N3O2S/c1-2-27(30(28,29)14-7-8-15-25-9-10-26(15)11-14)16(18(22,23)24)12-3-5-13(6-4-12)17(19,20)21/h3-11,16H,2H2,1H3/t16-/m1/s1. The highest BCUT2D eigenvalue weighted by Gasteiger charge is 2.49. The fraction of sp³-hybridized carbons (Fsp3) is 0.278. The Morgan fingerprint density at radius 3 is 2.20 bits per heavy atom. The maximum atomic E-state index is 13.9. The topological polar surface area (TPSA) is 54.7 Å². The summed E-state index contributed by atoms with van der Waals surface area (Å²) < 4.78 is 108. The summed E-state index contributed by atoms with van der Waals surface area (Å²) in [5.74, 6) is 0. The Morgan fingerprint density at radius 2 is 1.67 bits per heavy atom. The molecule has 5 nitrogen and oxygen atoms in total. The second-order valence-electron chi connectivity index (χ2n) is 6.33. The van der Waals surface area contributed by atoms with Crippen LogP contribution >= 0.6 is 0 Å². The maximum absolute atomic E-state index is 13.9. The summed E-state index contributed by atoms with van der Waals surface area (Å²) in [6.07, 6.45) is -5.85. The summed E-state index contributed by atoms with van der Waals surface area (Å²) >= 11 is 0. The van der Waals surface area contributed by atoms with Crippen molar-refractivity contribution in [2.24, 2.45) is 0 Å². The van der Waals surface area contributed by atoms with Gasteiger partial charge in [0.25, 0.3) is 0 Å². The van der Waals surface area contributed by atoms with Gasteiger partial charge in [0.2, 0.25) is 10.0 Å². The second-order valence-corrected chi connectivity index (χ2v) is 8.22. The van der Waals surface area contributed by atoms with Crippen molar-refractivity contribution in [3.05, 3.63) is 66.1 Å². The van der Waals surface area contributed by atoms with Crippen LogP contribution in [-0.2, 0) is 16.2 Å². The van der Waals surface area contributed by atoms with Gasteiger partial charge in [-0.2, -0.15) is 30.6 Å². The van der Waals surface area contributed by atoms with Gasteiger partial charge in [0, 0.05) is 25.1 Å². The second kappa shape index (κ2) is 7.58. The van der Waals surface area contributed by atoms with Crippen molar-refractivity contribution in [3.8, 4) is 0 Å². The predicted molar refractivity (Wildman–Crippen MR) is 95.0 cm³/mol. The van der Waals surface area contributed by atoms with Crippen LogP contribution in [0.4, 0.5) is 26.3 Å². The lowest BCUT2D eigenvalue weighted by Gasteiger charge is -2.32. The Hall–Kier alpha value is -2.60. The smallest absolute Gasteiger partial charge is 0.306 e. The Kier molecular flexibility index (Phi) is 5.58. The normalized spacial score (nSPS) is 14.4. The van der Waals surface area contributed by atoms with E-state index < -0.39 is 51.0 Å². The van der Waals surface area contributed by atoms with E-state index in [0.717, 1.165) is 12.3 Å². The zero-order valence-electron chi connectivity index (χ0n) is 15.3. The van der Waals surface area contributed by atoms with Crippen molar-refractivity contribution in [2.75, 3.05) is 6.54 Å². The Morgan fingerprint density at radius 1 is 1.03 bits per heavy atom. The summed E-state index contributed by atoms with van der Waals surface area (Å²) in [5, 5.41) is 0. The predicted octanol–water partition coefficient (Wildman–Crippen LogP) is 4.67. The SMILES string of the molecule is CCN([C@H](c1ccc(C(F)(F)F)cc1)C(F)(F)F)S(=O)(=O)c1ccc2nccn2c1. The molecule has 0 N–H and O–H groups in total. The van der Waals surface area contributed by atoms with Crippen molar-refractivity contribution >= 4 is 15.7 Å². The maximum Gasteiger partial charge on any atom is 0.416 e. The molecule has 3 rings (SSSR count). The van der Waals surface area contributed by atoms with Gasteiger partial charge in [-0.1, -0.05) is 19.1 Å². The molecule has 0 aliphatic carbocycles. The lowest BCUT2D eigenvalue weighted by atomic mass is 10.0. The number of alkyl halides is 6. The molecule has 2 aromatic heterocycles. The van der Waals surface area contributed by atoms with Crippen LogP contribution in [0.25, 0.3) is 5.65 Å². The van der Waals surface area contributed by atoms with E-state index in [1.54, 1.807) is 0 Å². The van der Waals surface area contributed by atoms with E-state index in [-0.39, 0.29) is 4.31 Å². The lowest BCUT2D eigenvalue weighted by Crippen LogP contribution is -2.42. The average Bonchev–Trinajstić information content (AvgIpc) is 3.12. The molecular weight excluding hydrogens is 436 g/mol. The summed E-state index contributed by atoms with van der Waals surface area (Å²) in [4.78, 5) is 3.53. The monoisotopic (exact) mass is 451 g/mol. The molecule has 0 aliphatic heterocycles. The molecule has 0 radical (unpaired) electrons. The molecule has 0 amide bonds. The van der Waals surface area contributed by atoms with Crippen LogP contribution in [0.3, 0.4) is 0 Å². The van der Waals surface area contributed by atoms with Gasteiger partial charge in [-0.25, -0.2) is 13.4 Å². The number of benzene rings is 1. The van der Waals surface area contributed by atoms with Gasteiger partial charge < -0.3 is 4.40 Å². The van der Waals surface area contributed by atoms with Gasteiger partial charge in [-0.05, 0) is 29.8 Å². The minimum absolute atomic E-state index is 0.216. The van der Waals surface area contributed by atoms with Crippen LogP contribution in [0.15, 0.2) is 59.9 Å². The van der Waals surface area contributed by atoms with Crippen LogP contribution in [0.1, 0.15) is 24.1 Å². The summed E-state index contributed by atoms with van der Waals surface area (Å²) in [5.41, 5.74) is -1.36. The number of fused-ring (bicyclic) bond motifs is 1. The molecule has 0 saturated carbocycles. The molecular formula is C18H15F6N3O2S. The Labute approximate surface area is 167 Å². The Bertz CT molecular complexity index is 1140. The molecule has 30 heavy (non-hydrogen) atoms. The minimum atomic E-state index is -5.07. The molecule has 0 unspecified atom stereocenters. The number of rotatable bonds is 5. The molecule has 12 heteroatoms. The summed E-state index contributed by atoms with van der Waals surface area (Å²) in [6.45, 7) is 0.658. The molecule has 162 valence electrons. The fourth-order valence-electron chi connectivity index (χ4n) is 3.05. The minimum Gasteiger partial charge on any atom is -0.306 e. The van der Waals surface area contributed by atoms with E-state index in [2.05, 4.69) is 4.98 Å². The Balaban J connectivity index is 2.09. The average molecular weight is 451 g/mol.